The molecule has 4 aliphatic carbocycles. The molecule has 5 aliphatic rings. The molecule has 0 aromatic rings. The van der Waals surface area contributed by atoms with E-state index in [2.05, 4.69) is 69.2 Å². The van der Waals surface area contributed by atoms with Crippen LogP contribution < -0.4 is 0 Å². The van der Waals surface area contributed by atoms with E-state index < -0.39 is 0 Å². The van der Waals surface area contributed by atoms with Crippen molar-refractivity contribution >= 4 is 5.97 Å². The Kier molecular flexibility index (Phi) is 6.64. The van der Waals surface area contributed by atoms with Gasteiger partial charge in [0, 0.05) is 12.3 Å². The quantitative estimate of drug-likeness (QED) is 0.341. The first kappa shape index (κ1) is 28.9. The Morgan fingerprint density at radius 3 is 2.08 bits per heavy atom. The second kappa shape index (κ2) is 8.72. The molecule has 0 aromatic heterocycles. The van der Waals surface area contributed by atoms with Gasteiger partial charge in [0.05, 0.1) is 11.2 Å². The Labute approximate surface area is 235 Å². The van der Waals surface area contributed by atoms with Crippen LogP contribution in [0.3, 0.4) is 0 Å². The maximum Gasteiger partial charge on any atom is 0.302 e. The first-order valence-corrected chi connectivity index (χ1v) is 16.3. The zero-order valence-corrected chi connectivity index (χ0v) is 26.9. The lowest BCUT2D eigenvalue weighted by atomic mass is 9.35. The van der Waals surface area contributed by atoms with Gasteiger partial charge in [0.1, 0.15) is 6.10 Å². The number of carbonyl (C=O) groups excluding carboxylic acids is 1. The van der Waals surface area contributed by atoms with Crippen LogP contribution in [-0.2, 0) is 14.3 Å². The molecule has 10 atom stereocenters. The van der Waals surface area contributed by atoms with Crippen LogP contribution in [0.25, 0.3) is 0 Å². The van der Waals surface area contributed by atoms with E-state index in [4.69, 9.17) is 9.47 Å². The molecule has 1 saturated heterocycles. The predicted octanol–water partition coefficient (Wildman–Crippen LogP) is 9.37. The molecule has 3 nitrogen and oxygen atoms in total. The molecule has 5 fully saturated rings. The smallest absolute Gasteiger partial charge is 0.302 e. The number of fused-ring (bicyclic) bond motifs is 5. The molecule has 218 valence electrons. The van der Waals surface area contributed by atoms with Gasteiger partial charge in [-0.15, -0.1) is 0 Å². The monoisotopic (exact) mass is 528 g/mol. The zero-order chi connectivity index (χ0) is 28.2. The van der Waals surface area contributed by atoms with Crippen LogP contribution in [0.2, 0.25) is 0 Å². The predicted molar refractivity (Wildman–Crippen MR) is 156 cm³/mol. The Balaban J connectivity index is 1.42. The largest absolute Gasteiger partial charge is 0.462 e. The summed E-state index contributed by atoms with van der Waals surface area (Å²) < 4.78 is 13.2. The molecular formula is C35H60O3. The van der Waals surface area contributed by atoms with Gasteiger partial charge in [0.2, 0.25) is 0 Å². The summed E-state index contributed by atoms with van der Waals surface area (Å²) in [5, 5.41) is 0. The third kappa shape index (κ3) is 3.71. The van der Waals surface area contributed by atoms with Crippen molar-refractivity contribution in [1.29, 1.82) is 0 Å². The fourth-order valence-electron chi connectivity index (χ4n) is 12.1. The number of carbonyl (C=O) groups is 1. The van der Waals surface area contributed by atoms with Crippen molar-refractivity contribution in [2.45, 2.75) is 164 Å². The number of hydrogen-bond donors (Lipinski definition) is 0. The van der Waals surface area contributed by atoms with Gasteiger partial charge in [-0.1, -0.05) is 55.4 Å². The SMILES string of the molecule is CCC(C)(C)[C@@]1(C)CC[C@@](C)([C@H]2CC[C@]3(C)[C@@H]2CC[C@@H]2[C@@]4(C)CC[C@H](OC(C)=O)C(C)(C)[C@@H]4CC[C@]23C)O1. The molecule has 0 aromatic carbocycles. The van der Waals surface area contributed by atoms with Crippen LogP contribution in [0, 0.1) is 50.7 Å². The molecule has 0 amide bonds. The van der Waals surface area contributed by atoms with Gasteiger partial charge in [-0.25, -0.2) is 0 Å². The summed E-state index contributed by atoms with van der Waals surface area (Å²) in [6, 6.07) is 0. The lowest BCUT2D eigenvalue weighted by Gasteiger charge is -2.70. The van der Waals surface area contributed by atoms with Crippen LogP contribution in [0.15, 0.2) is 0 Å². The van der Waals surface area contributed by atoms with Gasteiger partial charge < -0.3 is 9.47 Å². The average molecular weight is 529 g/mol. The summed E-state index contributed by atoms with van der Waals surface area (Å²) in [5.41, 5.74) is 1.33. The standard InChI is InChI=1S/C35H60O3/c1-12-29(3,4)35(11)22-21-34(10,38-35)25-15-19-32(8)24(25)13-14-27-31(7)18-17-28(37-23(2)36)30(5,6)26(31)16-20-33(27,32)9/h24-28H,12-22H2,1-11H3/t24-,25+,26+,27-,28+,31+,32-,33-,34+,35-/m1/s1. The minimum absolute atomic E-state index is 0.0119. The lowest BCUT2D eigenvalue weighted by molar-refractivity contribution is -0.233. The summed E-state index contributed by atoms with van der Waals surface area (Å²) >= 11 is 0. The van der Waals surface area contributed by atoms with Gasteiger partial charge in [-0.05, 0) is 130 Å². The molecule has 0 unspecified atom stereocenters. The summed E-state index contributed by atoms with van der Waals surface area (Å²) in [5.74, 6) is 2.72. The van der Waals surface area contributed by atoms with Crippen LogP contribution in [0.4, 0.5) is 0 Å². The molecule has 0 radical (unpaired) electrons. The summed E-state index contributed by atoms with van der Waals surface area (Å²) in [6.45, 7) is 26.5. The molecule has 38 heavy (non-hydrogen) atoms. The fraction of sp³-hybridized carbons (Fsp3) is 0.971. The lowest BCUT2D eigenvalue weighted by Crippen LogP contribution is -2.64. The van der Waals surface area contributed by atoms with Crippen molar-refractivity contribution in [3.63, 3.8) is 0 Å². The molecule has 1 heterocycles. The van der Waals surface area contributed by atoms with Gasteiger partial charge in [-0.3, -0.25) is 4.79 Å². The minimum Gasteiger partial charge on any atom is -0.462 e. The van der Waals surface area contributed by atoms with Crippen LogP contribution >= 0.6 is 0 Å². The summed E-state index contributed by atoms with van der Waals surface area (Å²) in [4.78, 5) is 11.9. The first-order valence-electron chi connectivity index (χ1n) is 16.3. The number of esters is 1. The molecule has 0 N–H and O–H groups in total. The van der Waals surface area contributed by atoms with Crippen molar-refractivity contribution < 1.29 is 14.3 Å². The third-order valence-electron chi connectivity index (χ3n) is 15.3. The maximum atomic E-state index is 11.9. The molecular weight excluding hydrogens is 468 g/mol. The van der Waals surface area contributed by atoms with Crippen LogP contribution in [0.1, 0.15) is 147 Å². The topological polar surface area (TPSA) is 35.5 Å². The van der Waals surface area contributed by atoms with E-state index in [0.717, 1.165) is 18.3 Å². The molecule has 3 heteroatoms. The van der Waals surface area contributed by atoms with Crippen molar-refractivity contribution in [3.8, 4) is 0 Å². The number of hydrogen-bond acceptors (Lipinski definition) is 3. The van der Waals surface area contributed by atoms with Crippen molar-refractivity contribution in [2.75, 3.05) is 0 Å². The number of ether oxygens (including phenoxy) is 2. The fourth-order valence-corrected chi connectivity index (χ4v) is 12.1. The van der Waals surface area contributed by atoms with E-state index >= 15 is 0 Å². The normalized spacial score (nSPS) is 52.1. The Hall–Kier alpha value is -0.570. The molecule has 0 spiro atoms. The average Bonchev–Trinajstić information content (AvgIpc) is 3.35. The second-order valence-corrected chi connectivity index (χ2v) is 17.2. The molecule has 0 bridgehead atoms. The Morgan fingerprint density at radius 1 is 0.789 bits per heavy atom. The minimum atomic E-state index is -0.113. The maximum absolute atomic E-state index is 11.9. The molecule has 1 aliphatic heterocycles. The van der Waals surface area contributed by atoms with Gasteiger partial charge in [0.15, 0.2) is 0 Å². The highest BCUT2D eigenvalue weighted by molar-refractivity contribution is 5.66. The number of rotatable bonds is 4. The van der Waals surface area contributed by atoms with E-state index in [1.54, 1.807) is 6.92 Å². The molecule has 4 saturated carbocycles. The Bertz CT molecular complexity index is 953. The van der Waals surface area contributed by atoms with E-state index in [1.807, 2.05) is 0 Å². The highest BCUT2D eigenvalue weighted by Crippen LogP contribution is 2.76. The van der Waals surface area contributed by atoms with E-state index in [0.29, 0.717) is 28.1 Å². The highest BCUT2D eigenvalue weighted by atomic mass is 16.5. The van der Waals surface area contributed by atoms with E-state index in [1.165, 1.54) is 64.2 Å². The van der Waals surface area contributed by atoms with E-state index in [9.17, 15) is 4.79 Å². The summed E-state index contributed by atoms with van der Waals surface area (Å²) in [7, 11) is 0. The van der Waals surface area contributed by atoms with Crippen molar-refractivity contribution in [3.05, 3.63) is 0 Å². The third-order valence-corrected chi connectivity index (χ3v) is 15.3. The highest BCUT2D eigenvalue weighted by Gasteiger charge is 2.70. The molecule has 5 rings (SSSR count). The Morgan fingerprint density at radius 2 is 1.45 bits per heavy atom. The van der Waals surface area contributed by atoms with Crippen molar-refractivity contribution in [2.24, 2.45) is 50.7 Å². The summed E-state index contributed by atoms with van der Waals surface area (Å²) in [6.07, 6.45) is 13.9. The second-order valence-electron chi connectivity index (χ2n) is 17.2. The van der Waals surface area contributed by atoms with Crippen LogP contribution in [-0.4, -0.2) is 23.3 Å². The van der Waals surface area contributed by atoms with Gasteiger partial charge >= 0.3 is 5.97 Å². The van der Waals surface area contributed by atoms with Crippen LogP contribution in [0.5, 0.6) is 0 Å². The van der Waals surface area contributed by atoms with Gasteiger partial charge in [0.25, 0.3) is 0 Å². The zero-order valence-electron chi connectivity index (χ0n) is 26.9. The van der Waals surface area contributed by atoms with E-state index in [-0.39, 0.29) is 34.1 Å². The van der Waals surface area contributed by atoms with Crippen molar-refractivity contribution in [1.82, 2.24) is 0 Å². The first-order chi connectivity index (χ1) is 17.4. The van der Waals surface area contributed by atoms with Gasteiger partial charge in [-0.2, -0.15) is 0 Å².